The maximum absolute atomic E-state index is 11.6. The van der Waals surface area contributed by atoms with Crippen LogP contribution in [0.5, 0.6) is 0 Å². The molecule has 1 atom stereocenters. The van der Waals surface area contributed by atoms with Gasteiger partial charge in [0.15, 0.2) is 6.04 Å². The summed E-state index contributed by atoms with van der Waals surface area (Å²) in [6, 6.07) is -1.24. The van der Waals surface area contributed by atoms with Crippen LogP contribution in [0.25, 0.3) is 0 Å². The summed E-state index contributed by atoms with van der Waals surface area (Å²) in [6.45, 7) is 7.71. The molecule has 0 radical (unpaired) electrons. The third kappa shape index (κ3) is 5.11. The van der Waals surface area contributed by atoms with Gasteiger partial charge in [0, 0.05) is 5.54 Å². The summed E-state index contributed by atoms with van der Waals surface area (Å²) in [5.74, 6) is -1.18. The molecule has 0 aromatic heterocycles. The number of rotatable bonds is 6. The predicted octanol–water partition coefficient (Wildman–Crippen LogP) is 0.572. The molecule has 16 heavy (non-hydrogen) atoms. The van der Waals surface area contributed by atoms with Crippen molar-refractivity contribution >= 4 is 11.9 Å². The van der Waals surface area contributed by atoms with Crippen LogP contribution in [0.2, 0.25) is 0 Å². The highest BCUT2D eigenvalue weighted by atomic mass is 16.5. The van der Waals surface area contributed by atoms with Gasteiger partial charge in [0.25, 0.3) is 0 Å². The van der Waals surface area contributed by atoms with Crippen molar-refractivity contribution < 1.29 is 14.3 Å². The Hall–Kier alpha value is -1.10. The third-order valence-electron chi connectivity index (χ3n) is 2.16. The van der Waals surface area contributed by atoms with Crippen molar-refractivity contribution in [2.75, 3.05) is 6.61 Å². The fourth-order valence-corrected chi connectivity index (χ4v) is 1.44. The Labute approximate surface area is 96.7 Å². The van der Waals surface area contributed by atoms with E-state index in [4.69, 9.17) is 5.73 Å². The molecule has 5 nitrogen and oxygen atoms in total. The van der Waals surface area contributed by atoms with E-state index in [1.165, 1.54) is 0 Å². The summed E-state index contributed by atoms with van der Waals surface area (Å²) in [5.41, 5.74) is 5.11. The number of hydrogen-bond acceptors (Lipinski definition) is 4. The normalized spacial score (nSPS) is 13.1. The molecule has 0 spiro atoms. The highest BCUT2D eigenvalue weighted by molar-refractivity contribution is 6.01. The van der Waals surface area contributed by atoms with E-state index in [1.807, 2.05) is 20.8 Å². The fourth-order valence-electron chi connectivity index (χ4n) is 1.44. The average molecular weight is 230 g/mol. The van der Waals surface area contributed by atoms with Gasteiger partial charge in [-0.15, -0.1) is 0 Å². The quantitative estimate of drug-likeness (QED) is 0.516. The van der Waals surface area contributed by atoms with E-state index < -0.39 is 17.9 Å². The van der Waals surface area contributed by atoms with Gasteiger partial charge in [-0.05, 0) is 27.2 Å². The third-order valence-corrected chi connectivity index (χ3v) is 2.16. The van der Waals surface area contributed by atoms with E-state index in [0.717, 1.165) is 12.8 Å². The molecular formula is C11H22N2O3. The molecule has 0 fully saturated rings. The lowest BCUT2D eigenvalue weighted by Crippen LogP contribution is -2.53. The number of esters is 1. The van der Waals surface area contributed by atoms with Gasteiger partial charge in [-0.1, -0.05) is 13.3 Å². The minimum absolute atomic E-state index is 0.220. The van der Waals surface area contributed by atoms with Crippen molar-refractivity contribution in [3.8, 4) is 0 Å². The van der Waals surface area contributed by atoms with Crippen molar-refractivity contribution in [1.82, 2.24) is 5.32 Å². The molecule has 5 heteroatoms. The van der Waals surface area contributed by atoms with E-state index in [9.17, 15) is 9.59 Å². The first-order chi connectivity index (χ1) is 7.34. The Morgan fingerprint density at radius 2 is 1.94 bits per heavy atom. The Morgan fingerprint density at radius 3 is 2.38 bits per heavy atom. The van der Waals surface area contributed by atoms with Crippen molar-refractivity contribution in [3.63, 3.8) is 0 Å². The summed E-state index contributed by atoms with van der Waals surface area (Å²) in [7, 11) is 0. The number of hydrogen-bond donors (Lipinski definition) is 2. The molecule has 3 N–H and O–H groups in total. The summed E-state index contributed by atoms with van der Waals surface area (Å²) in [6.07, 6.45) is 1.77. The SMILES string of the molecule is CCCC(C)(C)NC(=O)C(N)C(=O)OCC. The summed E-state index contributed by atoms with van der Waals surface area (Å²) >= 11 is 0. The van der Waals surface area contributed by atoms with Crippen LogP contribution in [0.4, 0.5) is 0 Å². The number of amides is 1. The van der Waals surface area contributed by atoms with Gasteiger partial charge >= 0.3 is 5.97 Å². The minimum Gasteiger partial charge on any atom is -0.464 e. The van der Waals surface area contributed by atoms with Gasteiger partial charge in [0.1, 0.15) is 0 Å². The molecular weight excluding hydrogens is 208 g/mol. The fraction of sp³-hybridized carbons (Fsp3) is 0.818. The Morgan fingerprint density at radius 1 is 1.38 bits per heavy atom. The molecule has 0 saturated heterocycles. The van der Waals surface area contributed by atoms with E-state index in [-0.39, 0.29) is 12.1 Å². The molecule has 0 saturated carbocycles. The van der Waals surface area contributed by atoms with Crippen LogP contribution in [0.15, 0.2) is 0 Å². The highest BCUT2D eigenvalue weighted by Crippen LogP contribution is 2.10. The van der Waals surface area contributed by atoms with Gasteiger partial charge < -0.3 is 15.8 Å². The average Bonchev–Trinajstić information content (AvgIpc) is 2.15. The van der Waals surface area contributed by atoms with Gasteiger partial charge in [-0.3, -0.25) is 4.79 Å². The molecule has 0 aromatic rings. The van der Waals surface area contributed by atoms with Crippen LogP contribution in [-0.2, 0) is 14.3 Å². The van der Waals surface area contributed by atoms with Crippen LogP contribution in [0.3, 0.4) is 0 Å². The van der Waals surface area contributed by atoms with Crippen molar-refractivity contribution in [2.24, 2.45) is 5.73 Å². The first kappa shape index (κ1) is 14.9. The topological polar surface area (TPSA) is 81.4 Å². The summed E-state index contributed by atoms with van der Waals surface area (Å²) in [4.78, 5) is 22.8. The standard InChI is InChI=1S/C11H22N2O3/c1-5-7-11(3,4)13-9(14)8(12)10(15)16-6-2/h8H,5-7,12H2,1-4H3,(H,13,14). The number of carbonyl (C=O) groups is 2. The number of nitrogens with two attached hydrogens (primary N) is 1. The van der Waals surface area contributed by atoms with E-state index in [1.54, 1.807) is 6.92 Å². The first-order valence-electron chi connectivity index (χ1n) is 5.58. The van der Waals surface area contributed by atoms with Gasteiger partial charge in [0.05, 0.1) is 6.61 Å². The molecule has 0 aliphatic rings. The van der Waals surface area contributed by atoms with Crippen LogP contribution in [0.1, 0.15) is 40.5 Å². The van der Waals surface area contributed by atoms with Crippen LogP contribution in [0, 0.1) is 0 Å². The van der Waals surface area contributed by atoms with Gasteiger partial charge in [-0.25, -0.2) is 4.79 Å². The number of ether oxygens (including phenoxy) is 1. The molecule has 0 bridgehead atoms. The van der Waals surface area contributed by atoms with E-state index >= 15 is 0 Å². The maximum atomic E-state index is 11.6. The predicted molar refractivity (Wildman–Crippen MR) is 61.7 cm³/mol. The van der Waals surface area contributed by atoms with Gasteiger partial charge in [-0.2, -0.15) is 0 Å². The number of carbonyl (C=O) groups excluding carboxylic acids is 2. The zero-order valence-corrected chi connectivity index (χ0v) is 10.5. The molecule has 0 aliphatic carbocycles. The van der Waals surface area contributed by atoms with Crippen LogP contribution >= 0.6 is 0 Å². The Kier molecular flexibility index (Phi) is 6.03. The molecule has 1 unspecified atom stereocenters. The lowest BCUT2D eigenvalue weighted by Gasteiger charge is -2.26. The van der Waals surface area contributed by atoms with E-state index in [2.05, 4.69) is 10.1 Å². The smallest absolute Gasteiger partial charge is 0.332 e. The second-order valence-corrected chi connectivity index (χ2v) is 4.35. The minimum atomic E-state index is -1.24. The van der Waals surface area contributed by atoms with Gasteiger partial charge in [0.2, 0.25) is 5.91 Å². The van der Waals surface area contributed by atoms with Crippen molar-refractivity contribution in [1.29, 1.82) is 0 Å². The molecule has 0 aliphatic heterocycles. The summed E-state index contributed by atoms with van der Waals surface area (Å²) < 4.78 is 4.67. The van der Waals surface area contributed by atoms with Crippen molar-refractivity contribution in [3.05, 3.63) is 0 Å². The molecule has 1 amide bonds. The lowest BCUT2D eigenvalue weighted by atomic mass is 9.98. The monoisotopic (exact) mass is 230 g/mol. The molecule has 0 aromatic carbocycles. The van der Waals surface area contributed by atoms with Crippen LogP contribution in [-0.4, -0.2) is 30.1 Å². The zero-order valence-electron chi connectivity index (χ0n) is 10.5. The lowest BCUT2D eigenvalue weighted by molar-refractivity contribution is -0.148. The van der Waals surface area contributed by atoms with E-state index in [0.29, 0.717) is 0 Å². The Balaban J connectivity index is 4.29. The summed E-state index contributed by atoms with van der Waals surface area (Å²) in [5, 5.41) is 2.73. The Bertz CT molecular complexity index is 252. The van der Waals surface area contributed by atoms with Crippen molar-refractivity contribution in [2.45, 2.75) is 52.1 Å². The van der Waals surface area contributed by atoms with Crippen LogP contribution < -0.4 is 11.1 Å². The highest BCUT2D eigenvalue weighted by Gasteiger charge is 2.28. The molecule has 0 rings (SSSR count). The molecule has 0 heterocycles. The first-order valence-corrected chi connectivity index (χ1v) is 5.58. The largest absolute Gasteiger partial charge is 0.464 e. The number of nitrogens with one attached hydrogen (secondary N) is 1. The second-order valence-electron chi connectivity index (χ2n) is 4.35. The molecule has 94 valence electrons. The zero-order chi connectivity index (χ0) is 12.8. The maximum Gasteiger partial charge on any atom is 0.332 e. The second kappa shape index (κ2) is 6.48.